The molecule has 1 aromatic carbocycles. The average Bonchev–Trinajstić information content (AvgIpc) is 3.06. The van der Waals surface area contributed by atoms with Crippen molar-refractivity contribution in [1.82, 2.24) is 19.2 Å². The molecular weight excluding hydrogens is 346 g/mol. The second-order valence-corrected chi connectivity index (χ2v) is 6.15. The molecule has 0 saturated carbocycles. The molecule has 0 radical (unpaired) electrons. The van der Waals surface area contributed by atoms with Crippen molar-refractivity contribution in [3.63, 3.8) is 0 Å². The number of benzene rings is 1. The van der Waals surface area contributed by atoms with Crippen molar-refractivity contribution >= 4 is 17.2 Å². The molecular formula is C18H13ClF2N4. The molecule has 0 saturated heterocycles. The van der Waals surface area contributed by atoms with Gasteiger partial charge in [-0.25, -0.2) is 13.8 Å². The maximum Gasteiger partial charge on any atom is 0.141 e. The number of hydrogen-bond donors (Lipinski definition) is 0. The first-order valence-electron chi connectivity index (χ1n) is 7.58. The van der Waals surface area contributed by atoms with E-state index in [1.165, 1.54) is 6.07 Å². The molecule has 126 valence electrons. The van der Waals surface area contributed by atoms with Gasteiger partial charge in [0.05, 0.1) is 5.69 Å². The van der Waals surface area contributed by atoms with Crippen LogP contribution in [-0.2, 0) is 7.05 Å². The quantitative estimate of drug-likeness (QED) is 0.523. The van der Waals surface area contributed by atoms with Crippen LogP contribution in [0.25, 0.3) is 28.0 Å². The summed E-state index contributed by atoms with van der Waals surface area (Å²) >= 11 is 6.43. The number of nitrogens with zero attached hydrogens (tertiary/aromatic N) is 4. The molecule has 0 aliphatic carbocycles. The molecule has 4 rings (SSSR count). The van der Waals surface area contributed by atoms with E-state index in [1.54, 1.807) is 47.6 Å². The van der Waals surface area contributed by atoms with Crippen LogP contribution in [0.5, 0.6) is 0 Å². The van der Waals surface area contributed by atoms with Crippen LogP contribution in [0.1, 0.15) is 5.69 Å². The fourth-order valence-electron chi connectivity index (χ4n) is 3.02. The predicted molar refractivity (Wildman–Crippen MR) is 92.5 cm³/mol. The molecule has 0 spiro atoms. The summed E-state index contributed by atoms with van der Waals surface area (Å²) < 4.78 is 31.9. The van der Waals surface area contributed by atoms with Gasteiger partial charge in [0.15, 0.2) is 0 Å². The third-order valence-corrected chi connectivity index (χ3v) is 4.43. The van der Waals surface area contributed by atoms with Crippen molar-refractivity contribution in [3.05, 3.63) is 65.2 Å². The van der Waals surface area contributed by atoms with E-state index in [0.717, 1.165) is 6.07 Å². The minimum atomic E-state index is -0.719. The molecule has 0 aliphatic rings. The molecule has 25 heavy (non-hydrogen) atoms. The van der Waals surface area contributed by atoms with Gasteiger partial charge in [0.2, 0.25) is 0 Å². The zero-order valence-electron chi connectivity index (χ0n) is 13.5. The van der Waals surface area contributed by atoms with E-state index in [4.69, 9.17) is 11.6 Å². The van der Waals surface area contributed by atoms with E-state index < -0.39 is 11.6 Å². The summed E-state index contributed by atoms with van der Waals surface area (Å²) in [7, 11) is 1.75. The summed E-state index contributed by atoms with van der Waals surface area (Å²) in [5.74, 6) is -1.39. The number of aromatic nitrogens is 4. The third-order valence-electron chi connectivity index (χ3n) is 4.07. The Labute approximate surface area is 147 Å². The number of pyridine rings is 1. The number of halogens is 3. The number of aryl methyl sites for hydroxylation is 2. The smallest absolute Gasteiger partial charge is 0.141 e. The SMILES string of the molecule is Cc1nn(C)cc1-c1cc(F)cc(F)c1-c1nc2ccccn2c1Cl. The lowest BCUT2D eigenvalue weighted by molar-refractivity contribution is 0.586. The molecule has 7 heteroatoms. The molecule has 4 nitrogen and oxygen atoms in total. The molecule has 0 amide bonds. The Hall–Kier alpha value is -2.73. The van der Waals surface area contributed by atoms with Gasteiger partial charge < -0.3 is 0 Å². The van der Waals surface area contributed by atoms with Crippen LogP contribution in [0.4, 0.5) is 8.78 Å². The largest absolute Gasteiger partial charge is 0.290 e. The zero-order chi connectivity index (χ0) is 17.7. The van der Waals surface area contributed by atoms with Crippen molar-refractivity contribution in [2.24, 2.45) is 7.05 Å². The number of rotatable bonds is 2. The third kappa shape index (κ3) is 2.49. The highest BCUT2D eigenvalue weighted by Crippen LogP contribution is 2.39. The van der Waals surface area contributed by atoms with Gasteiger partial charge in [-0.15, -0.1) is 0 Å². The van der Waals surface area contributed by atoms with Gasteiger partial charge in [-0.2, -0.15) is 5.10 Å². The van der Waals surface area contributed by atoms with E-state index in [-0.39, 0.29) is 16.4 Å². The lowest BCUT2D eigenvalue weighted by Crippen LogP contribution is -1.94. The van der Waals surface area contributed by atoms with E-state index in [1.807, 2.05) is 6.07 Å². The Morgan fingerprint density at radius 3 is 2.60 bits per heavy atom. The van der Waals surface area contributed by atoms with Crippen molar-refractivity contribution in [2.45, 2.75) is 6.92 Å². The van der Waals surface area contributed by atoms with Crippen LogP contribution in [0.3, 0.4) is 0 Å². The number of hydrogen-bond acceptors (Lipinski definition) is 2. The van der Waals surface area contributed by atoms with Gasteiger partial charge in [-0.1, -0.05) is 17.7 Å². The van der Waals surface area contributed by atoms with Crippen LogP contribution in [0.15, 0.2) is 42.7 Å². The summed E-state index contributed by atoms with van der Waals surface area (Å²) in [5, 5.41) is 4.53. The first kappa shape index (κ1) is 15.8. The van der Waals surface area contributed by atoms with Gasteiger partial charge in [0, 0.05) is 42.2 Å². The Morgan fingerprint density at radius 2 is 1.92 bits per heavy atom. The van der Waals surface area contributed by atoms with Gasteiger partial charge in [-0.3, -0.25) is 9.08 Å². The van der Waals surface area contributed by atoms with Crippen LogP contribution in [0.2, 0.25) is 5.15 Å². The molecule has 3 aromatic heterocycles. The molecule has 0 bridgehead atoms. The van der Waals surface area contributed by atoms with Gasteiger partial charge in [0.25, 0.3) is 0 Å². The molecule has 0 N–H and O–H groups in total. The fraction of sp³-hybridized carbons (Fsp3) is 0.111. The van der Waals surface area contributed by atoms with Gasteiger partial charge in [0.1, 0.15) is 28.1 Å². The highest BCUT2D eigenvalue weighted by atomic mass is 35.5. The molecule has 4 aromatic rings. The van der Waals surface area contributed by atoms with E-state index >= 15 is 0 Å². The molecule has 0 aliphatic heterocycles. The first-order chi connectivity index (χ1) is 12.0. The van der Waals surface area contributed by atoms with Gasteiger partial charge in [-0.05, 0) is 25.1 Å². The summed E-state index contributed by atoms with van der Waals surface area (Å²) in [6, 6.07) is 7.51. The topological polar surface area (TPSA) is 35.1 Å². The van der Waals surface area contributed by atoms with Crippen LogP contribution < -0.4 is 0 Å². The average molecular weight is 359 g/mol. The number of fused-ring (bicyclic) bond motifs is 1. The van der Waals surface area contributed by atoms with Crippen molar-refractivity contribution < 1.29 is 8.78 Å². The summed E-state index contributed by atoms with van der Waals surface area (Å²) in [4.78, 5) is 4.44. The summed E-state index contributed by atoms with van der Waals surface area (Å²) in [5.41, 5.74) is 2.67. The molecule has 0 atom stereocenters. The second-order valence-electron chi connectivity index (χ2n) is 5.79. The lowest BCUT2D eigenvalue weighted by atomic mass is 9.97. The Kier molecular flexibility index (Phi) is 3.58. The summed E-state index contributed by atoms with van der Waals surface area (Å²) in [6.45, 7) is 1.78. The van der Waals surface area contributed by atoms with Crippen molar-refractivity contribution in [1.29, 1.82) is 0 Å². The Balaban J connectivity index is 2.07. The lowest BCUT2D eigenvalue weighted by Gasteiger charge is -2.09. The van der Waals surface area contributed by atoms with Crippen molar-refractivity contribution in [3.8, 4) is 22.4 Å². The fourth-order valence-corrected chi connectivity index (χ4v) is 3.30. The monoisotopic (exact) mass is 358 g/mol. The summed E-state index contributed by atoms with van der Waals surface area (Å²) in [6.07, 6.45) is 3.46. The van der Waals surface area contributed by atoms with Crippen molar-refractivity contribution in [2.75, 3.05) is 0 Å². The highest BCUT2D eigenvalue weighted by molar-refractivity contribution is 6.32. The number of imidazole rings is 1. The first-order valence-corrected chi connectivity index (χ1v) is 7.96. The van der Waals surface area contributed by atoms with Gasteiger partial charge >= 0.3 is 0 Å². The highest BCUT2D eigenvalue weighted by Gasteiger charge is 2.23. The van der Waals surface area contributed by atoms with E-state index in [9.17, 15) is 8.78 Å². The van der Waals surface area contributed by atoms with Crippen LogP contribution in [0, 0.1) is 18.6 Å². The minimum Gasteiger partial charge on any atom is -0.290 e. The second kappa shape index (κ2) is 5.67. The Morgan fingerprint density at radius 1 is 1.12 bits per heavy atom. The van der Waals surface area contributed by atoms with Crippen LogP contribution >= 0.6 is 11.6 Å². The predicted octanol–water partition coefficient (Wildman–Crippen LogP) is 4.64. The zero-order valence-corrected chi connectivity index (χ0v) is 14.2. The minimum absolute atomic E-state index is 0.159. The molecule has 0 fully saturated rings. The maximum absolute atomic E-state index is 14.8. The standard InChI is InChI=1S/C18H13ClF2N4/c1-10-13(9-24(2)23-10)12-7-11(20)8-14(21)16(12)17-18(19)25-6-4-3-5-15(25)22-17/h3-9H,1-2H3. The maximum atomic E-state index is 14.8. The van der Waals surface area contributed by atoms with Crippen LogP contribution in [-0.4, -0.2) is 19.2 Å². The normalized spacial score (nSPS) is 11.4. The van der Waals surface area contributed by atoms with E-state index in [0.29, 0.717) is 22.5 Å². The molecule has 3 heterocycles. The molecule has 0 unspecified atom stereocenters. The van der Waals surface area contributed by atoms with E-state index in [2.05, 4.69) is 10.1 Å². The Bertz CT molecular complexity index is 1110.